The molecule has 0 N–H and O–H groups in total. The molecule has 0 rings (SSSR count). The largest absolute Gasteiger partial charge is 0.147 e. The minimum Gasteiger partial charge on any atom is -0.147 e. The normalized spacial score (nSPS) is 10.3. The Hall–Kier alpha value is 0.507. The summed E-state index contributed by atoms with van der Waals surface area (Å²) in [6.07, 6.45) is 11.7. The van der Waals surface area contributed by atoms with Gasteiger partial charge in [0.05, 0.1) is 0 Å². The Morgan fingerprint density at radius 1 is 0.714 bits per heavy atom. The van der Waals surface area contributed by atoms with Crippen molar-refractivity contribution in [1.29, 1.82) is 0 Å². The van der Waals surface area contributed by atoms with Crippen molar-refractivity contribution in [3.8, 4) is 0 Å². The SMILES string of the molecule is CCCCCCCCCC[Si](C)C.Cl. The third-order valence-corrected chi connectivity index (χ3v) is 3.88. The molecule has 87 valence electrons. The summed E-state index contributed by atoms with van der Waals surface area (Å²) >= 11 is 0. The molecular weight excluding hydrogens is 208 g/mol. The fraction of sp³-hybridized carbons (Fsp3) is 1.00. The van der Waals surface area contributed by atoms with Crippen LogP contribution >= 0.6 is 12.4 Å². The van der Waals surface area contributed by atoms with Gasteiger partial charge in [0, 0.05) is 8.80 Å². The topological polar surface area (TPSA) is 0 Å². The lowest BCUT2D eigenvalue weighted by molar-refractivity contribution is 0.584. The van der Waals surface area contributed by atoms with Crippen molar-refractivity contribution in [3.63, 3.8) is 0 Å². The third-order valence-electron chi connectivity index (χ3n) is 2.53. The van der Waals surface area contributed by atoms with Gasteiger partial charge in [0.1, 0.15) is 0 Å². The fourth-order valence-corrected chi connectivity index (χ4v) is 2.57. The van der Waals surface area contributed by atoms with Gasteiger partial charge < -0.3 is 0 Å². The fourth-order valence-electron chi connectivity index (χ4n) is 1.61. The van der Waals surface area contributed by atoms with E-state index in [9.17, 15) is 0 Å². The monoisotopic (exact) mass is 235 g/mol. The van der Waals surface area contributed by atoms with Gasteiger partial charge in [-0.3, -0.25) is 0 Å². The molecule has 0 amide bonds. The average molecular weight is 236 g/mol. The molecule has 0 aromatic carbocycles. The Balaban J connectivity index is 0. The number of hydrogen-bond acceptors (Lipinski definition) is 0. The molecule has 2 heteroatoms. The molecule has 0 nitrogen and oxygen atoms in total. The van der Waals surface area contributed by atoms with Crippen molar-refractivity contribution in [2.45, 2.75) is 77.4 Å². The summed E-state index contributed by atoms with van der Waals surface area (Å²) in [5, 5.41) is 0. The standard InChI is InChI=1S/C12H27Si.ClH/c1-4-5-6-7-8-9-10-11-12-13(2)3;/h4-12H2,1-3H3;1H. The van der Waals surface area contributed by atoms with E-state index in [1.54, 1.807) is 0 Å². The summed E-state index contributed by atoms with van der Waals surface area (Å²) in [6, 6.07) is 1.53. The van der Waals surface area contributed by atoms with Crippen LogP contribution in [0.25, 0.3) is 0 Å². The van der Waals surface area contributed by atoms with Crippen molar-refractivity contribution in [1.82, 2.24) is 0 Å². The molecule has 0 aliphatic rings. The van der Waals surface area contributed by atoms with Crippen molar-refractivity contribution in [3.05, 3.63) is 0 Å². The van der Waals surface area contributed by atoms with Crippen LogP contribution in [0.3, 0.4) is 0 Å². The van der Waals surface area contributed by atoms with E-state index >= 15 is 0 Å². The zero-order valence-electron chi connectivity index (χ0n) is 10.3. The number of unbranched alkanes of at least 4 members (excludes halogenated alkanes) is 7. The van der Waals surface area contributed by atoms with Crippen LogP contribution in [0.1, 0.15) is 58.3 Å². The van der Waals surface area contributed by atoms with E-state index in [1.165, 1.54) is 57.4 Å². The zero-order valence-corrected chi connectivity index (χ0v) is 12.1. The summed E-state index contributed by atoms with van der Waals surface area (Å²) in [5.74, 6) is 0. The highest BCUT2D eigenvalue weighted by Crippen LogP contribution is 2.10. The number of hydrogen-bond donors (Lipinski definition) is 0. The van der Waals surface area contributed by atoms with Gasteiger partial charge in [-0.05, 0) is 0 Å². The van der Waals surface area contributed by atoms with Crippen LogP contribution in [0.4, 0.5) is 0 Å². The maximum Gasteiger partial charge on any atom is 0.0412 e. The predicted molar refractivity (Wildman–Crippen MR) is 72.1 cm³/mol. The smallest absolute Gasteiger partial charge is 0.0412 e. The molecule has 1 radical (unpaired) electrons. The molecule has 0 saturated heterocycles. The van der Waals surface area contributed by atoms with E-state index in [4.69, 9.17) is 0 Å². The summed E-state index contributed by atoms with van der Waals surface area (Å²) in [7, 11) is 0.0644. The molecule has 0 saturated carbocycles. The lowest BCUT2D eigenvalue weighted by Gasteiger charge is -2.02. The van der Waals surface area contributed by atoms with Crippen LogP contribution in [0.15, 0.2) is 0 Å². The van der Waals surface area contributed by atoms with Crippen LogP contribution in [0.2, 0.25) is 19.1 Å². The van der Waals surface area contributed by atoms with Gasteiger partial charge in [0.2, 0.25) is 0 Å². The highest BCUT2D eigenvalue weighted by atomic mass is 35.5. The first-order valence-electron chi connectivity index (χ1n) is 6.06. The van der Waals surface area contributed by atoms with Gasteiger partial charge >= 0.3 is 0 Å². The number of halogens is 1. The molecule has 0 aliphatic heterocycles. The molecule has 0 bridgehead atoms. The van der Waals surface area contributed by atoms with Crippen LogP contribution in [-0.4, -0.2) is 8.80 Å². The summed E-state index contributed by atoms with van der Waals surface area (Å²) < 4.78 is 0. The predicted octanol–water partition coefficient (Wildman–Crippen LogP) is 5.30. The van der Waals surface area contributed by atoms with Gasteiger partial charge in [-0.2, -0.15) is 0 Å². The first kappa shape index (κ1) is 16.9. The second kappa shape index (κ2) is 13.5. The van der Waals surface area contributed by atoms with E-state index in [2.05, 4.69) is 20.0 Å². The summed E-state index contributed by atoms with van der Waals surface area (Å²) in [6.45, 7) is 7.13. The summed E-state index contributed by atoms with van der Waals surface area (Å²) in [4.78, 5) is 0. The van der Waals surface area contributed by atoms with Crippen LogP contribution < -0.4 is 0 Å². The van der Waals surface area contributed by atoms with Crippen LogP contribution in [0.5, 0.6) is 0 Å². The second-order valence-corrected chi connectivity index (χ2v) is 7.35. The first-order valence-corrected chi connectivity index (χ1v) is 8.77. The van der Waals surface area contributed by atoms with Gasteiger partial charge in [-0.25, -0.2) is 0 Å². The molecule has 0 aliphatic carbocycles. The van der Waals surface area contributed by atoms with E-state index < -0.39 is 0 Å². The lowest BCUT2D eigenvalue weighted by atomic mass is 10.1. The van der Waals surface area contributed by atoms with Gasteiger partial charge in [-0.15, -0.1) is 12.4 Å². The Kier molecular flexibility index (Phi) is 16.3. The van der Waals surface area contributed by atoms with E-state index in [1.807, 2.05) is 0 Å². The Labute approximate surface area is 98.9 Å². The van der Waals surface area contributed by atoms with Gasteiger partial charge in [-0.1, -0.05) is 77.4 Å². The molecule has 14 heavy (non-hydrogen) atoms. The molecule has 0 atom stereocenters. The minimum atomic E-state index is 0. The van der Waals surface area contributed by atoms with Crippen LogP contribution in [-0.2, 0) is 0 Å². The molecule has 0 fully saturated rings. The van der Waals surface area contributed by atoms with Crippen molar-refractivity contribution >= 4 is 21.2 Å². The van der Waals surface area contributed by atoms with Crippen molar-refractivity contribution in [2.75, 3.05) is 0 Å². The Morgan fingerprint density at radius 3 is 1.57 bits per heavy atom. The van der Waals surface area contributed by atoms with E-state index in [0.717, 1.165) is 0 Å². The van der Waals surface area contributed by atoms with E-state index in [0.29, 0.717) is 0 Å². The summed E-state index contributed by atoms with van der Waals surface area (Å²) in [5.41, 5.74) is 0. The second-order valence-electron chi connectivity index (χ2n) is 4.43. The average Bonchev–Trinajstić information content (AvgIpc) is 2.09. The lowest BCUT2D eigenvalue weighted by Crippen LogP contribution is -1.97. The molecule has 0 spiro atoms. The zero-order chi connectivity index (χ0) is 9.94. The molecule has 0 aromatic heterocycles. The molecule has 0 aromatic rings. The first-order chi connectivity index (χ1) is 6.27. The highest BCUT2D eigenvalue weighted by Gasteiger charge is 1.95. The van der Waals surface area contributed by atoms with E-state index in [-0.39, 0.29) is 21.2 Å². The highest BCUT2D eigenvalue weighted by molar-refractivity contribution is 6.55. The molecule has 0 unspecified atom stereocenters. The third kappa shape index (κ3) is 15.0. The van der Waals surface area contributed by atoms with Crippen molar-refractivity contribution in [2.24, 2.45) is 0 Å². The quantitative estimate of drug-likeness (QED) is 0.376. The van der Waals surface area contributed by atoms with Gasteiger partial charge in [0.15, 0.2) is 0 Å². The Bertz CT molecular complexity index is 94.3. The molecular formula is C12H28ClSi. The number of rotatable bonds is 9. The maximum absolute atomic E-state index is 2.42. The molecule has 0 heterocycles. The maximum atomic E-state index is 2.42. The Morgan fingerprint density at radius 2 is 1.14 bits per heavy atom. The van der Waals surface area contributed by atoms with Crippen LogP contribution in [0, 0.1) is 0 Å². The van der Waals surface area contributed by atoms with Crippen molar-refractivity contribution < 1.29 is 0 Å². The minimum absolute atomic E-state index is 0. The van der Waals surface area contributed by atoms with Gasteiger partial charge in [0.25, 0.3) is 0 Å².